The predicted molar refractivity (Wildman–Crippen MR) is 72.2 cm³/mol. The molecule has 0 fully saturated rings. The zero-order valence-corrected chi connectivity index (χ0v) is 9.94. The highest BCUT2D eigenvalue weighted by molar-refractivity contribution is 5.93. The summed E-state index contributed by atoms with van der Waals surface area (Å²) >= 11 is 0. The summed E-state index contributed by atoms with van der Waals surface area (Å²) in [5, 5.41) is 1.35. The Hall–Kier alpha value is -2.06. The molecule has 1 aliphatic heterocycles. The van der Waals surface area contributed by atoms with Gasteiger partial charge < -0.3 is 9.72 Å². The number of nitrogens with one attached hydrogen (secondary N) is 1. The van der Waals surface area contributed by atoms with Crippen LogP contribution in [0.4, 0.5) is 0 Å². The van der Waals surface area contributed by atoms with Crippen molar-refractivity contribution in [2.45, 2.75) is 13.2 Å². The van der Waals surface area contributed by atoms with Crippen LogP contribution in [-0.4, -0.2) is 4.98 Å². The van der Waals surface area contributed by atoms with E-state index in [2.05, 4.69) is 47.4 Å². The molecule has 88 valence electrons. The SMILES string of the molecule is c1ccc(-c2[nH]c3cccc4c3c2COC4)cc1. The van der Waals surface area contributed by atoms with Crippen LogP contribution in [0.1, 0.15) is 11.1 Å². The van der Waals surface area contributed by atoms with E-state index < -0.39 is 0 Å². The summed E-state index contributed by atoms with van der Waals surface area (Å²) in [6, 6.07) is 16.8. The molecule has 0 saturated carbocycles. The van der Waals surface area contributed by atoms with Gasteiger partial charge in [-0.15, -0.1) is 0 Å². The summed E-state index contributed by atoms with van der Waals surface area (Å²) in [7, 11) is 0. The first kappa shape index (κ1) is 9.92. The van der Waals surface area contributed by atoms with E-state index in [9.17, 15) is 0 Å². The van der Waals surface area contributed by atoms with Crippen molar-refractivity contribution in [1.29, 1.82) is 0 Å². The van der Waals surface area contributed by atoms with Crippen molar-refractivity contribution in [2.24, 2.45) is 0 Å². The number of aromatic amines is 1. The number of ether oxygens (including phenoxy) is 1. The molecule has 0 bridgehead atoms. The number of benzene rings is 2. The minimum Gasteiger partial charge on any atom is -0.372 e. The lowest BCUT2D eigenvalue weighted by molar-refractivity contribution is 0.103. The van der Waals surface area contributed by atoms with Crippen molar-refractivity contribution >= 4 is 10.9 Å². The molecule has 0 amide bonds. The van der Waals surface area contributed by atoms with Gasteiger partial charge in [-0.2, -0.15) is 0 Å². The Morgan fingerprint density at radius 3 is 2.67 bits per heavy atom. The molecule has 1 N–H and O–H groups in total. The topological polar surface area (TPSA) is 25.0 Å². The van der Waals surface area contributed by atoms with Crippen LogP contribution < -0.4 is 0 Å². The number of hydrogen-bond donors (Lipinski definition) is 1. The Labute approximate surface area is 105 Å². The first-order valence-corrected chi connectivity index (χ1v) is 6.19. The molecule has 2 heterocycles. The molecule has 0 radical (unpaired) electrons. The van der Waals surface area contributed by atoms with E-state index in [1.807, 2.05) is 6.07 Å². The number of rotatable bonds is 1. The average Bonchev–Trinajstić information content (AvgIpc) is 2.82. The van der Waals surface area contributed by atoms with E-state index in [1.165, 1.54) is 33.3 Å². The molecule has 2 heteroatoms. The third-order valence-corrected chi connectivity index (χ3v) is 3.58. The molecule has 0 atom stereocenters. The Bertz CT molecular complexity index is 713. The average molecular weight is 235 g/mol. The van der Waals surface area contributed by atoms with Crippen molar-refractivity contribution in [3.8, 4) is 11.3 Å². The van der Waals surface area contributed by atoms with Gasteiger partial charge in [-0.1, -0.05) is 42.5 Å². The van der Waals surface area contributed by atoms with Gasteiger partial charge in [-0.3, -0.25) is 0 Å². The molecule has 0 spiro atoms. The van der Waals surface area contributed by atoms with Crippen LogP contribution in [0, 0.1) is 0 Å². The fraction of sp³-hybridized carbons (Fsp3) is 0.125. The van der Waals surface area contributed by atoms with E-state index in [0.29, 0.717) is 6.61 Å². The molecule has 0 saturated heterocycles. The van der Waals surface area contributed by atoms with Gasteiger partial charge in [0.2, 0.25) is 0 Å². The number of aromatic nitrogens is 1. The lowest BCUT2D eigenvalue weighted by Crippen LogP contribution is -2.02. The molecule has 0 aliphatic carbocycles. The summed E-state index contributed by atoms with van der Waals surface area (Å²) in [5.74, 6) is 0. The van der Waals surface area contributed by atoms with Gasteiger partial charge in [-0.05, 0) is 17.2 Å². The maximum absolute atomic E-state index is 5.69. The fourth-order valence-corrected chi connectivity index (χ4v) is 2.77. The van der Waals surface area contributed by atoms with Crippen LogP contribution in [0.3, 0.4) is 0 Å². The van der Waals surface area contributed by atoms with Gasteiger partial charge in [0, 0.05) is 16.5 Å². The first-order chi connectivity index (χ1) is 8.93. The van der Waals surface area contributed by atoms with Crippen molar-refractivity contribution in [3.63, 3.8) is 0 Å². The second-order valence-electron chi connectivity index (χ2n) is 4.68. The molecule has 0 unspecified atom stereocenters. The molecular formula is C16H13NO. The first-order valence-electron chi connectivity index (χ1n) is 6.19. The van der Waals surface area contributed by atoms with Crippen LogP contribution in [0.15, 0.2) is 48.5 Å². The van der Waals surface area contributed by atoms with E-state index in [4.69, 9.17) is 4.74 Å². The Morgan fingerprint density at radius 2 is 1.78 bits per heavy atom. The second kappa shape index (κ2) is 3.72. The lowest BCUT2D eigenvalue weighted by Gasteiger charge is -2.14. The summed E-state index contributed by atoms with van der Waals surface area (Å²) in [6.45, 7) is 1.41. The Kier molecular flexibility index (Phi) is 2.05. The minimum absolute atomic E-state index is 0.696. The largest absolute Gasteiger partial charge is 0.372 e. The normalized spacial score (nSPS) is 14.0. The van der Waals surface area contributed by atoms with E-state index in [1.54, 1.807) is 0 Å². The summed E-state index contributed by atoms with van der Waals surface area (Å²) < 4.78 is 5.69. The van der Waals surface area contributed by atoms with Gasteiger partial charge in [0.05, 0.1) is 18.9 Å². The zero-order valence-electron chi connectivity index (χ0n) is 9.94. The van der Waals surface area contributed by atoms with E-state index in [0.717, 1.165) is 6.61 Å². The molecular weight excluding hydrogens is 222 g/mol. The van der Waals surface area contributed by atoms with Gasteiger partial charge in [0.15, 0.2) is 0 Å². The Morgan fingerprint density at radius 1 is 0.889 bits per heavy atom. The van der Waals surface area contributed by atoms with Crippen molar-refractivity contribution < 1.29 is 4.74 Å². The second-order valence-corrected chi connectivity index (χ2v) is 4.68. The van der Waals surface area contributed by atoms with Crippen molar-refractivity contribution in [2.75, 3.05) is 0 Å². The van der Waals surface area contributed by atoms with Crippen molar-refractivity contribution in [3.05, 3.63) is 59.7 Å². The summed E-state index contributed by atoms with van der Waals surface area (Å²) in [5.41, 5.74) is 6.20. The quantitative estimate of drug-likeness (QED) is 0.680. The van der Waals surface area contributed by atoms with Crippen LogP contribution in [0.2, 0.25) is 0 Å². The molecule has 18 heavy (non-hydrogen) atoms. The molecule has 2 aromatic carbocycles. The zero-order chi connectivity index (χ0) is 11.9. The van der Waals surface area contributed by atoms with Gasteiger partial charge >= 0.3 is 0 Å². The highest BCUT2D eigenvalue weighted by atomic mass is 16.5. The van der Waals surface area contributed by atoms with E-state index in [-0.39, 0.29) is 0 Å². The summed E-state index contributed by atoms with van der Waals surface area (Å²) in [4.78, 5) is 3.53. The Balaban J connectivity index is 2.06. The van der Waals surface area contributed by atoms with Crippen LogP contribution in [0.25, 0.3) is 22.2 Å². The van der Waals surface area contributed by atoms with Crippen LogP contribution in [-0.2, 0) is 18.0 Å². The van der Waals surface area contributed by atoms with Crippen LogP contribution in [0.5, 0.6) is 0 Å². The third-order valence-electron chi connectivity index (χ3n) is 3.58. The predicted octanol–water partition coefficient (Wildman–Crippen LogP) is 3.87. The highest BCUT2D eigenvalue weighted by Crippen LogP contribution is 2.35. The van der Waals surface area contributed by atoms with Crippen molar-refractivity contribution in [1.82, 2.24) is 4.98 Å². The van der Waals surface area contributed by atoms with Gasteiger partial charge in [0.25, 0.3) is 0 Å². The van der Waals surface area contributed by atoms with E-state index >= 15 is 0 Å². The maximum atomic E-state index is 5.69. The number of H-pyrrole nitrogens is 1. The van der Waals surface area contributed by atoms with Gasteiger partial charge in [0.1, 0.15) is 0 Å². The maximum Gasteiger partial charge on any atom is 0.0748 e. The standard InChI is InChI=1S/C16H13NO/c1-2-5-11(6-3-1)16-13-10-18-9-12-7-4-8-14(17-16)15(12)13/h1-8,17H,9-10H2. The smallest absolute Gasteiger partial charge is 0.0748 e. The minimum atomic E-state index is 0.696. The molecule has 4 rings (SSSR count). The van der Waals surface area contributed by atoms with Gasteiger partial charge in [-0.25, -0.2) is 0 Å². The third kappa shape index (κ3) is 1.33. The van der Waals surface area contributed by atoms with Crippen LogP contribution >= 0.6 is 0 Å². The molecule has 3 aromatic rings. The highest BCUT2D eigenvalue weighted by Gasteiger charge is 2.19. The molecule has 1 aliphatic rings. The molecule has 2 nitrogen and oxygen atoms in total. The molecule has 1 aromatic heterocycles. The fourth-order valence-electron chi connectivity index (χ4n) is 2.77. The monoisotopic (exact) mass is 235 g/mol. The summed E-state index contributed by atoms with van der Waals surface area (Å²) in [6.07, 6.45) is 0. The lowest BCUT2D eigenvalue weighted by atomic mass is 10.0. The number of hydrogen-bond acceptors (Lipinski definition) is 1.